The molecule has 5 heteroatoms. The summed E-state index contributed by atoms with van der Waals surface area (Å²) in [6, 6.07) is 6.85. The largest absolute Gasteiger partial charge is 0.324 e. The zero-order chi connectivity index (χ0) is 14.8. The normalized spacial score (nSPS) is 17.4. The van der Waals surface area contributed by atoms with Crippen molar-refractivity contribution < 1.29 is 8.42 Å². The minimum Gasteiger partial charge on any atom is -0.324 e. The molecular formula is C15H24N2O2S. The first kappa shape index (κ1) is 15.5. The molecule has 1 aliphatic rings. The molecule has 2 rings (SSSR count). The first-order chi connectivity index (χ1) is 9.45. The van der Waals surface area contributed by atoms with Crippen LogP contribution in [0.15, 0.2) is 29.2 Å². The maximum absolute atomic E-state index is 12.7. The van der Waals surface area contributed by atoms with Crippen molar-refractivity contribution in [2.75, 3.05) is 13.1 Å². The van der Waals surface area contributed by atoms with Crippen molar-refractivity contribution in [3.63, 3.8) is 0 Å². The highest BCUT2D eigenvalue weighted by Gasteiger charge is 2.31. The Labute approximate surface area is 122 Å². The third-order valence-electron chi connectivity index (χ3n) is 3.65. The number of rotatable bonds is 7. The molecule has 4 nitrogen and oxygen atoms in total. The molecule has 1 aromatic carbocycles. The van der Waals surface area contributed by atoms with Gasteiger partial charge in [0.2, 0.25) is 10.0 Å². The van der Waals surface area contributed by atoms with E-state index >= 15 is 0 Å². The van der Waals surface area contributed by atoms with Gasteiger partial charge in [0, 0.05) is 19.1 Å². The minimum absolute atomic E-state index is 0.159. The fourth-order valence-corrected chi connectivity index (χ4v) is 3.92. The lowest BCUT2D eigenvalue weighted by Crippen LogP contribution is -2.33. The molecule has 112 valence electrons. The van der Waals surface area contributed by atoms with Crippen LogP contribution in [-0.2, 0) is 10.0 Å². The van der Waals surface area contributed by atoms with Gasteiger partial charge in [-0.2, -0.15) is 4.31 Å². The Hall–Kier alpha value is -0.910. The van der Waals surface area contributed by atoms with Crippen molar-refractivity contribution in [1.29, 1.82) is 0 Å². The SMILES string of the molecule is CCCN(CC1CC1)S(=O)(=O)c1cccc(C(C)N)c1. The molecule has 1 saturated carbocycles. The van der Waals surface area contributed by atoms with E-state index in [2.05, 4.69) is 0 Å². The van der Waals surface area contributed by atoms with Crippen LogP contribution in [0.1, 0.15) is 44.7 Å². The zero-order valence-corrected chi connectivity index (χ0v) is 13.1. The van der Waals surface area contributed by atoms with Crippen molar-refractivity contribution in [3.05, 3.63) is 29.8 Å². The quantitative estimate of drug-likeness (QED) is 0.841. The summed E-state index contributed by atoms with van der Waals surface area (Å²) in [5.74, 6) is 0.549. The molecule has 20 heavy (non-hydrogen) atoms. The fourth-order valence-electron chi connectivity index (χ4n) is 2.25. The maximum atomic E-state index is 12.7. The first-order valence-electron chi connectivity index (χ1n) is 7.31. The van der Waals surface area contributed by atoms with Gasteiger partial charge in [-0.1, -0.05) is 19.1 Å². The van der Waals surface area contributed by atoms with Crippen LogP contribution in [0.5, 0.6) is 0 Å². The summed E-state index contributed by atoms with van der Waals surface area (Å²) in [6.45, 7) is 5.10. The summed E-state index contributed by atoms with van der Waals surface area (Å²) in [7, 11) is -3.40. The van der Waals surface area contributed by atoms with Crippen LogP contribution in [0.2, 0.25) is 0 Å². The molecular weight excluding hydrogens is 272 g/mol. The van der Waals surface area contributed by atoms with Gasteiger partial charge in [-0.05, 0) is 49.8 Å². The van der Waals surface area contributed by atoms with Gasteiger partial charge < -0.3 is 5.73 Å². The maximum Gasteiger partial charge on any atom is 0.243 e. The molecule has 0 aromatic heterocycles. The van der Waals surface area contributed by atoms with E-state index < -0.39 is 10.0 Å². The predicted octanol–water partition coefficient (Wildman–Crippen LogP) is 2.52. The van der Waals surface area contributed by atoms with Gasteiger partial charge in [-0.15, -0.1) is 0 Å². The highest BCUT2D eigenvalue weighted by atomic mass is 32.2. The lowest BCUT2D eigenvalue weighted by atomic mass is 10.1. The van der Waals surface area contributed by atoms with E-state index in [0.29, 0.717) is 23.9 Å². The van der Waals surface area contributed by atoms with E-state index in [1.807, 2.05) is 19.9 Å². The molecule has 0 radical (unpaired) electrons. The summed E-state index contributed by atoms with van der Waals surface area (Å²) < 4.78 is 27.1. The van der Waals surface area contributed by atoms with Crippen LogP contribution in [0.3, 0.4) is 0 Å². The Bertz CT molecular complexity index is 551. The van der Waals surface area contributed by atoms with Crippen LogP contribution >= 0.6 is 0 Å². The van der Waals surface area contributed by atoms with Crippen molar-refractivity contribution in [1.82, 2.24) is 4.31 Å². The highest BCUT2D eigenvalue weighted by Crippen LogP contribution is 2.32. The van der Waals surface area contributed by atoms with Gasteiger partial charge in [0.15, 0.2) is 0 Å². The molecule has 0 aliphatic heterocycles. The molecule has 1 atom stereocenters. The lowest BCUT2D eigenvalue weighted by molar-refractivity contribution is 0.395. The van der Waals surface area contributed by atoms with Gasteiger partial charge in [-0.25, -0.2) is 8.42 Å². The van der Waals surface area contributed by atoms with E-state index in [4.69, 9.17) is 5.73 Å². The Morgan fingerprint density at radius 1 is 1.40 bits per heavy atom. The summed E-state index contributed by atoms with van der Waals surface area (Å²) in [5, 5.41) is 0. The standard InChI is InChI=1S/C15H24N2O2S/c1-3-9-17(11-13-7-8-13)20(18,19)15-6-4-5-14(10-15)12(2)16/h4-6,10,12-13H,3,7-9,11,16H2,1-2H3. The van der Waals surface area contributed by atoms with E-state index in [1.54, 1.807) is 22.5 Å². The van der Waals surface area contributed by atoms with Crippen LogP contribution in [0, 0.1) is 5.92 Å². The van der Waals surface area contributed by atoms with E-state index in [9.17, 15) is 8.42 Å². The average Bonchev–Trinajstić information content (AvgIpc) is 3.22. The molecule has 0 amide bonds. The Morgan fingerprint density at radius 2 is 2.10 bits per heavy atom. The van der Waals surface area contributed by atoms with Gasteiger partial charge in [0.1, 0.15) is 0 Å². The molecule has 1 aliphatic carbocycles. The van der Waals surface area contributed by atoms with Gasteiger partial charge in [0.25, 0.3) is 0 Å². The smallest absolute Gasteiger partial charge is 0.243 e. The second kappa shape index (κ2) is 6.24. The number of sulfonamides is 1. The van der Waals surface area contributed by atoms with Crippen molar-refractivity contribution in [2.45, 2.75) is 44.0 Å². The molecule has 1 unspecified atom stereocenters. The van der Waals surface area contributed by atoms with Crippen molar-refractivity contribution in [2.24, 2.45) is 11.7 Å². The Kier molecular flexibility index (Phi) is 4.83. The van der Waals surface area contributed by atoms with Gasteiger partial charge in [-0.3, -0.25) is 0 Å². The third-order valence-corrected chi connectivity index (χ3v) is 5.51. The number of nitrogens with two attached hydrogens (primary N) is 1. The number of hydrogen-bond acceptors (Lipinski definition) is 3. The van der Waals surface area contributed by atoms with Crippen LogP contribution < -0.4 is 5.73 Å². The monoisotopic (exact) mass is 296 g/mol. The number of hydrogen-bond donors (Lipinski definition) is 1. The van der Waals surface area contributed by atoms with E-state index in [1.165, 1.54) is 0 Å². The minimum atomic E-state index is -3.40. The van der Waals surface area contributed by atoms with Crippen LogP contribution in [0.25, 0.3) is 0 Å². The summed E-state index contributed by atoms with van der Waals surface area (Å²) >= 11 is 0. The summed E-state index contributed by atoms with van der Waals surface area (Å²) in [6.07, 6.45) is 3.13. The molecule has 2 N–H and O–H groups in total. The van der Waals surface area contributed by atoms with E-state index in [0.717, 1.165) is 24.8 Å². The average molecular weight is 296 g/mol. The molecule has 0 spiro atoms. The highest BCUT2D eigenvalue weighted by molar-refractivity contribution is 7.89. The summed E-state index contributed by atoms with van der Waals surface area (Å²) in [5.41, 5.74) is 6.70. The fraction of sp³-hybridized carbons (Fsp3) is 0.600. The second-order valence-electron chi connectivity index (χ2n) is 5.67. The molecule has 1 fully saturated rings. The van der Waals surface area contributed by atoms with Crippen molar-refractivity contribution >= 4 is 10.0 Å². The number of benzene rings is 1. The Morgan fingerprint density at radius 3 is 2.65 bits per heavy atom. The van der Waals surface area contributed by atoms with Gasteiger partial charge >= 0.3 is 0 Å². The lowest BCUT2D eigenvalue weighted by Gasteiger charge is -2.22. The zero-order valence-electron chi connectivity index (χ0n) is 12.2. The Balaban J connectivity index is 2.28. The first-order valence-corrected chi connectivity index (χ1v) is 8.75. The van der Waals surface area contributed by atoms with Crippen LogP contribution in [-0.4, -0.2) is 25.8 Å². The second-order valence-corrected chi connectivity index (χ2v) is 7.61. The molecule has 0 heterocycles. The van der Waals surface area contributed by atoms with Crippen molar-refractivity contribution in [3.8, 4) is 0 Å². The topological polar surface area (TPSA) is 63.4 Å². The number of nitrogens with zero attached hydrogens (tertiary/aromatic N) is 1. The molecule has 0 bridgehead atoms. The molecule has 1 aromatic rings. The van der Waals surface area contributed by atoms with Crippen LogP contribution in [0.4, 0.5) is 0 Å². The summed E-state index contributed by atoms with van der Waals surface area (Å²) in [4.78, 5) is 0.362. The third kappa shape index (κ3) is 3.59. The molecule has 0 saturated heterocycles. The van der Waals surface area contributed by atoms with Gasteiger partial charge in [0.05, 0.1) is 4.90 Å². The predicted molar refractivity (Wildman–Crippen MR) is 80.8 cm³/mol. The van der Waals surface area contributed by atoms with E-state index in [-0.39, 0.29) is 6.04 Å².